The predicted octanol–water partition coefficient (Wildman–Crippen LogP) is 1.07. The number of nitrogens with one attached hydrogen (secondary N) is 1. The quantitative estimate of drug-likeness (QED) is 0.882. The fraction of sp³-hybridized carbons (Fsp3) is 0.500. The second kappa shape index (κ2) is 6.43. The van der Waals surface area contributed by atoms with Crippen molar-refractivity contribution in [1.29, 1.82) is 0 Å². The highest BCUT2D eigenvalue weighted by Gasteiger charge is 2.28. The Morgan fingerprint density at radius 2 is 2.24 bits per heavy atom. The normalized spacial score (nSPS) is 20.2. The number of carbonyl (C=O) groups excluding carboxylic acids is 1. The van der Waals surface area contributed by atoms with Crippen LogP contribution >= 0.6 is 0 Å². The lowest BCUT2D eigenvalue weighted by Crippen LogP contribution is -2.35. The number of methoxy groups -OCH3 is 1. The van der Waals surface area contributed by atoms with E-state index in [0.717, 1.165) is 0 Å². The first-order valence-corrected chi connectivity index (χ1v) is 8.54. The maximum atomic E-state index is 13.5. The van der Waals surface area contributed by atoms with E-state index < -0.39 is 15.7 Å². The molecular formula is C14H18FNO4S. The molecule has 1 aliphatic rings. The zero-order valence-corrected chi connectivity index (χ0v) is 12.6. The summed E-state index contributed by atoms with van der Waals surface area (Å²) in [7, 11) is -1.61. The van der Waals surface area contributed by atoms with Gasteiger partial charge < -0.3 is 10.1 Å². The van der Waals surface area contributed by atoms with Crippen LogP contribution in [0, 0.1) is 5.82 Å². The molecular weight excluding hydrogens is 297 g/mol. The topological polar surface area (TPSA) is 72.5 Å². The fourth-order valence-corrected chi connectivity index (χ4v) is 4.01. The van der Waals surface area contributed by atoms with E-state index in [1.807, 2.05) is 0 Å². The van der Waals surface area contributed by atoms with Gasteiger partial charge in [0.25, 0.3) is 0 Å². The predicted molar refractivity (Wildman–Crippen MR) is 76.5 cm³/mol. The molecule has 1 N–H and O–H groups in total. The molecule has 116 valence electrons. The minimum absolute atomic E-state index is 0.00983. The molecule has 1 aliphatic heterocycles. The van der Waals surface area contributed by atoms with Crippen LogP contribution in [-0.4, -0.2) is 39.0 Å². The van der Waals surface area contributed by atoms with Gasteiger partial charge in [-0.2, -0.15) is 0 Å². The number of rotatable bonds is 5. The van der Waals surface area contributed by atoms with Crippen molar-refractivity contribution in [3.05, 3.63) is 29.6 Å². The SMILES string of the molecule is COc1ccc(CCC(=O)N[C@H]2CCS(=O)(=O)C2)cc1F. The summed E-state index contributed by atoms with van der Waals surface area (Å²) >= 11 is 0. The minimum atomic E-state index is -3.00. The lowest BCUT2D eigenvalue weighted by Gasteiger charge is -2.11. The van der Waals surface area contributed by atoms with Crippen molar-refractivity contribution in [1.82, 2.24) is 5.32 Å². The standard InChI is InChI=1S/C14H18FNO4S/c1-20-13-4-2-10(8-12(13)15)3-5-14(17)16-11-6-7-21(18,19)9-11/h2,4,8,11H,3,5-7,9H2,1H3,(H,16,17)/t11-/m0/s1. The summed E-state index contributed by atoms with van der Waals surface area (Å²) in [5, 5.41) is 2.71. The lowest BCUT2D eigenvalue weighted by molar-refractivity contribution is -0.121. The zero-order chi connectivity index (χ0) is 15.5. The van der Waals surface area contributed by atoms with E-state index in [2.05, 4.69) is 5.32 Å². The minimum Gasteiger partial charge on any atom is -0.494 e. The van der Waals surface area contributed by atoms with E-state index in [9.17, 15) is 17.6 Å². The highest BCUT2D eigenvalue weighted by molar-refractivity contribution is 7.91. The third-order valence-electron chi connectivity index (χ3n) is 3.45. The molecule has 1 aromatic rings. The number of halogens is 1. The first-order valence-electron chi connectivity index (χ1n) is 6.72. The molecule has 21 heavy (non-hydrogen) atoms. The van der Waals surface area contributed by atoms with Gasteiger partial charge in [0.15, 0.2) is 21.4 Å². The maximum Gasteiger partial charge on any atom is 0.220 e. The van der Waals surface area contributed by atoms with Crippen LogP contribution in [0.15, 0.2) is 18.2 Å². The van der Waals surface area contributed by atoms with Crippen molar-refractivity contribution in [2.24, 2.45) is 0 Å². The summed E-state index contributed by atoms with van der Waals surface area (Å²) < 4.78 is 40.9. The monoisotopic (exact) mass is 315 g/mol. The molecule has 0 saturated carbocycles. The Morgan fingerprint density at radius 3 is 2.81 bits per heavy atom. The molecule has 0 unspecified atom stereocenters. The summed E-state index contributed by atoms with van der Waals surface area (Å²) in [5.74, 6) is -0.373. The average Bonchev–Trinajstić information content (AvgIpc) is 2.75. The maximum absolute atomic E-state index is 13.5. The van der Waals surface area contributed by atoms with Crippen LogP contribution in [0.5, 0.6) is 5.75 Å². The van der Waals surface area contributed by atoms with Crippen LogP contribution in [0.4, 0.5) is 4.39 Å². The van der Waals surface area contributed by atoms with Crippen LogP contribution in [0.1, 0.15) is 18.4 Å². The molecule has 7 heteroatoms. The number of carbonyl (C=O) groups is 1. The molecule has 1 aromatic carbocycles. The number of benzene rings is 1. The Morgan fingerprint density at radius 1 is 1.48 bits per heavy atom. The van der Waals surface area contributed by atoms with Crippen LogP contribution < -0.4 is 10.1 Å². The first-order chi connectivity index (χ1) is 9.89. The molecule has 0 bridgehead atoms. The third kappa shape index (κ3) is 4.42. The summed E-state index contributed by atoms with van der Waals surface area (Å²) in [6, 6.07) is 4.27. The van der Waals surface area contributed by atoms with E-state index >= 15 is 0 Å². The largest absolute Gasteiger partial charge is 0.494 e. The number of sulfone groups is 1. The Hall–Kier alpha value is -1.63. The van der Waals surface area contributed by atoms with Gasteiger partial charge in [0.2, 0.25) is 5.91 Å². The number of aryl methyl sites for hydroxylation is 1. The van der Waals surface area contributed by atoms with Crippen molar-refractivity contribution >= 4 is 15.7 Å². The molecule has 1 saturated heterocycles. The van der Waals surface area contributed by atoms with Crippen LogP contribution in [0.25, 0.3) is 0 Å². The Bertz CT molecular complexity index is 630. The number of hydrogen-bond acceptors (Lipinski definition) is 4. The van der Waals surface area contributed by atoms with Crippen LogP contribution in [-0.2, 0) is 21.1 Å². The average molecular weight is 315 g/mol. The highest BCUT2D eigenvalue weighted by atomic mass is 32.2. The number of ether oxygens (including phenoxy) is 1. The molecule has 1 fully saturated rings. The molecule has 5 nitrogen and oxygen atoms in total. The van der Waals surface area contributed by atoms with Gasteiger partial charge in [0, 0.05) is 12.5 Å². The van der Waals surface area contributed by atoms with Crippen molar-refractivity contribution in [3.8, 4) is 5.75 Å². The summed E-state index contributed by atoms with van der Waals surface area (Å²) in [6.45, 7) is 0. The van der Waals surface area contributed by atoms with Gasteiger partial charge in [-0.15, -0.1) is 0 Å². The second-order valence-electron chi connectivity index (χ2n) is 5.14. The molecule has 0 aromatic heterocycles. The van der Waals surface area contributed by atoms with Crippen LogP contribution in [0.2, 0.25) is 0 Å². The number of hydrogen-bond donors (Lipinski definition) is 1. The zero-order valence-electron chi connectivity index (χ0n) is 11.8. The van der Waals surface area contributed by atoms with Crippen molar-refractivity contribution < 1.29 is 22.3 Å². The molecule has 1 amide bonds. The van der Waals surface area contributed by atoms with Gasteiger partial charge in [0.05, 0.1) is 18.6 Å². The van der Waals surface area contributed by atoms with Crippen molar-refractivity contribution in [3.63, 3.8) is 0 Å². The van der Waals surface area contributed by atoms with Crippen LogP contribution in [0.3, 0.4) is 0 Å². The Balaban J connectivity index is 1.83. The molecule has 2 rings (SSSR count). The summed E-state index contributed by atoms with van der Waals surface area (Å²) in [5.41, 5.74) is 0.697. The molecule has 1 atom stereocenters. The first kappa shape index (κ1) is 15.8. The molecule has 0 aliphatic carbocycles. The smallest absolute Gasteiger partial charge is 0.220 e. The Labute approximate surface area is 123 Å². The van der Waals surface area contributed by atoms with Gasteiger partial charge >= 0.3 is 0 Å². The van der Waals surface area contributed by atoms with Gasteiger partial charge in [-0.25, -0.2) is 12.8 Å². The van der Waals surface area contributed by atoms with E-state index in [4.69, 9.17) is 4.74 Å². The van der Waals surface area contributed by atoms with E-state index in [0.29, 0.717) is 18.4 Å². The van der Waals surface area contributed by atoms with Crippen molar-refractivity contribution in [2.75, 3.05) is 18.6 Å². The lowest BCUT2D eigenvalue weighted by atomic mass is 10.1. The summed E-state index contributed by atoms with van der Waals surface area (Å²) in [4.78, 5) is 11.8. The van der Waals surface area contributed by atoms with Gasteiger partial charge in [-0.3, -0.25) is 4.79 Å². The van der Waals surface area contributed by atoms with E-state index in [1.54, 1.807) is 6.07 Å². The van der Waals surface area contributed by atoms with E-state index in [-0.39, 0.29) is 35.6 Å². The van der Waals surface area contributed by atoms with E-state index in [1.165, 1.54) is 19.2 Å². The van der Waals surface area contributed by atoms with Gasteiger partial charge in [-0.1, -0.05) is 6.07 Å². The molecule has 0 spiro atoms. The number of amides is 1. The Kier molecular flexibility index (Phi) is 4.82. The fourth-order valence-electron chi connectivity index (χ4n) is 2.33. The summed E-state index contributed by atoms with van der Waals surface area (Å²) in [6.07, 6.45) is 1.06. The van der Waals surface area contributed by atoms with Gasteiger partial charge in [-0.05, 0) is 30.5 Å². The van der Waals surface area contributed by atoms with Gasteiger partial charge in [0.1, 0.15) is 0 Å². The third-order valence-corrected chi connectivity index (χ3v) is 5.22. The molecule has 0 radical (unpaired) electrons. The second-order valence-corrected chi connectivity index (χ2v) is 7.37. The molecule has 1 heterocycles. The highest BCUT2D eigenvalue weighted by Crippen LogP contribution is 2.18. The van der Waals surface area contributed by atoms with Crippen molar-refractivity contribution in [2.45, 2.75) is 25.3 Å².